The number of aryl methyl sites for hydroxylation is 1. The molecule has 3 aromatic rings. The summed E-state index contributed by atoms with van der Waals surface area (Å²) in [4.78, 5) is 13.0. The van der Waals surface area contributed by atoms with E-state index in [2.05, 4.69) is 31.5 Å². The maximum Gasteiger partial charge on any atom is 0.215 e. The molecule has 3 heterocycles. The number of rotatable bonds is 4. The second kappa shape index (κ2) is 4.93. The van der Waals surface area contributed by atoms with Gasteiger partial charge in [0.15, 0.2) is 11.5 Å². The van der Waals surface area contributed by atoms with Gasteiger partial charge in [-0.05, 0) is 24.0 Å². The first-order valence-electron chi connectivity index (χ1n) is 6.04. The molecule has 0 unspecified atom stereocenters. The molecule has 0 aliphatic carbocycles. The lowest BCUT2D eigenvalue weighted by Gasteiger charge is -1.95. The summed E-state index contributed by atoms with van der Waals surface area (Å²) in [6, 6.07) is 3.72. The molecule has 19 heavy (non-hydrogen) atoms. The van der Waals surface area contributed by atoms with Crippen LogP contribution in [0.25, 0.3) is 21.9 Å². The average molecular weight is 275 g/mol. The van der Waals surface area contributed by atoms with E-state index < -0.39 is 0 Å². The first-order chi connectivity index (χ1) is 9.31. The molecule has 3 rings (SSSR count). The van der Waals surface area contributed by atoms with Crippen molar-refractivity contribution < 1.29 is 4.74 Å². The third-order valence-corrected chi connectivity index (χ3v) is 3.56. The molecule has 0 saturated carbocycles. The van der Waals surface area contributed by atoms with Crippen LogP contribution in [-0.4, -0.2) is 31.6 Å². The molecule has 0 atom stereocenters. The summed E-state index contributed by atoms with van der Waals surface area (Å²) in [6.45, 7) is 2.12. The first kappa shape index (κ1) is 12.0. The number of H-pyrrole nitrogens is 1. The molecule has 0 saturated heterocycles. The van der Waals surface area contributed by atoms with Crippen LogP contribution in [0.5, 0.6) is 5.88 Å². The van der Waals surface area contributed by atoms with Crippen LogP contribution in [-0.2, 0) is 6.42 Å². The van der Waals surface area contributed by atoms with Crippen molar-refractivity contribution in [3.63, 3.8) is 0 Å². The topological polar surface area (TPSA) is 76.6 Å². The standard InChI is InChI=1S/C12H13N5OS/c1-3-4-7-10(19-17-16-7)12-13-8-5-6-9(18-2)14-11(8)15-12/h5-6H,3-4H2,1-2H3,(H,13,14,15). The van der Waals surface area contributed by atoms with Crippen molar-refractivity contribution in [2.75, 3.05) is 7.11 Å². The van der Waals surface area contributed by atoms with Gasteiger partial charge in [0.25, 0.3) is 0 Å². The van der Waals surface area contributed by atoms with Crippen molar-refractivity contribution in [3.05, 3.63) is 17.8 Å². The van der Waals surface area contributed by atoms with Crippen molar-refractivity contribution in [1.82, 2.24) is 24.5 Å². The van der Waals surface area contributed by atoms with Crippen LogP contribution in [0.1, 0.15) is 19.0 Å². The Morgan fingerprint density at radius 3 is 3.00 bits per heavy atom. The van der Waals surface area contributed by atoms with E-state index in [0.717, 1.165) is 34.8 Å². The quantitative estimate of drug-likeness (QED) is 0.791. The van der Waals surface area contributed by atoms with E-state index >= 15 is 0 Å². The number of aromatic nitrogens is 5. The van der Waals surface area contributed by atoms with Crippen molar-refractivity contribution in [2.45, 2.75) is 19.8 Å². The van der Waals surface area contributed by atoms with E-state index in [1.54, 1.807) is 7.11 Å². The number of methoxy groups -OCH3 is 1. The zero-order chi connectivity index (χ0) is 13.2. The number of fused-ring (bicyclic) bond motifs is 1. The number of hydrogen-bond donors (Lipinski definition) is 1. The molecular formula is C12H13N5OS. The minimum Gasteiger partial charge on any atom is -0.481 e. The monoisotopic (exact) mass is 275 g/mol. The Hall–Kier alpha value is -2.02. The van der Waals surface area contributed by atoms with Crippen molar-refractivity contribution >= 4 is 22.7 Å². The molecule has 0 radical (unpaired) electrons. The minimum atomic E-state index is 0.557. The summed E-state index contributed by atoms with van der Waals surface area (Å²) in [6.07, 6.45) is 1.93. The number of pyridine rings is 1. The zero-order valence-corrected chi connectivity index (χ0v) is 11.5. The van der Waals surface area contributed by atoms with Gasteiger partial charge in [0.1, 0.15) is 4.88 Å². The van der Waals surface area contributed by atoms with E-state index in [4.69, 9.17) is 4.74 Å². The molecule has 0 aliphatic rings. The average Bonchev–Trinajstić information content (AvgIpc) is 3.03. The predicted molar refractivity (Wildman–Crippen MR) is 73.3 cm³/mol. The summed E-state index contributed by atoms with van der Waals surface area (Å²) in [5.74, 6) is 1.33. The number of nitrogens with zero attached hydrogens (tertiary/aromatic N) is 4. The van der Waals surface area contributed by atoms with Gasteiger partial charge in [-0.15, -0.1) is 5.10 Å². The summed E-state index contributed by atoms with van der Waals surface area (Å²) in [7, 11) is 1.59. The van der Waals surface area contributed by atoms with E-state index in [9.17, 15) is 0 Å². The fraction of sp³-hybridized carbons (Fsp3) is 0.333. The molecule has 6 nitrogen and oxygen atoms in total. The van der Waals surface area contributed by atoms with Gasteiger partial charge in [0.05, 0.1) is 18.3 Å². The molecule has 1 N–H and O–H groups in total. The Kier molecular flexibility index (Phi) is 3.12. The lowest BCUT2D eigenvalue weighted by Crippen LogP contribution is -1.88. The Morgan fingerprint density at radius 2 is 2.21 bits per heavy atom. The van der Waals surface area contributed by atoms with Crippen molar-refractivity contribution in [2.24, 2.45) is 0 Å². The molecule has 0 amide bonds. The predicted octanol–water partition coefficient (Wildman–Crippen LogP) is 2.44. The Morgan fingerprint density at radius 1 is 1.32 bits per heavy atom. The van der Waals surface area contributed by atoms with Crippen LogP contribution in [0.15, 0.2) is 12.1 Å². The van der Waals surface area contributed by atoms with Gasteiger partial charge in [-0.25, -0.2) is 4.98 Å². The minimum absolute atomic E-state index is 0.557. The van der Waals surface area contributed by atoms with E-state index in [0.29, 0.717) is 11.5 Å². The van der Waals surface area contributed by atoms with E-state index in [1.165, 1.54) is 11.5 Å². The smallest absolute Gasteiger partial charge is 0.215 e. The number of aromatic amines is 1. The summed E-state index contributed by atoms with van der Waals surface area (Å²) < 4.78 is 9.11. The second-order valence-corrected chi connectivity index (χ2v) is 4.86. The summed E-state index contributed by atoms with van der Waals surface area (Å²) >= 11 is 1.35. The molecule has 7 heteroatoms. The van der Waals surface area contributed by atoms with Gasteiger partial charge >= 0.3 is 0 Å². The fourth-order valence-electron chi connectivity index (χ4n) is 1.89. The number of ether oxygens (including phenoxy) is 1. The highest BCUT2D eigenvalue weighted by Crippen LogP contribution is 2.26. The second-order valence-electron chi connectivity index (χ2n) is 4.11. The Labute approximate surface area is 114 Å². The summed E-state index contributed by atoms with van der Waals surface area (Å²) in [5.41, 5.74) is 2.51. The molecular weight excluding hydrogens is 262 g/mol. The van der Waals surface area contributed by atoms with Gasteiger partial charge in [-0.2, -0.15) is 4.98 Å². The summed E-state index contributed by atoms with van der Waals surface area (Å²) in [5, 5.41) is 4.15. The third-order valence-electron chi connectivity index (χ3n) is 2.79. The Bertz CT molecular complexity index is 705. The van der Waals surface area contributed by atoms with Gasteiger partial charge in [0.2, 0.25) is 5.88 Å². The van der Waals surface area contributed by atoms with E-state index in [-0.39, 0.29) is 0 Å². The van der Waals surface area contributed by atoms with Crippen LogP contribution in [0.4, 0.5) is 0 Å². The number of imidazole rings is 1. The molecule has 0 aromatic carbocycles. The molecule has 0 spiro atoms. The fourth-order valence-corrected chi connectivity index (χ4v) is 2.54. The largest absolute Gasteiger partial charge is 0.481 e. The highest BCUT2D eigenvalue weighted by Gasteiger charge is 2.14. The number of nitrogens with one attached hydrogen (secondary N) is 1. The highest BCUT2D eigenvalue weighted by atomic mass is 32.1. The van der Waals surface area contributed by atoms with Crippen LogP contribution in [0.2, 0.25) is 0 Å². The van der Waals surface area contributed by atoms with Gasteiger partial charge < -0.3 is 9.72 Å². The number of hydrogen-bond acceptors (Lipinski definition) is 6. The highest BCUT2D eigenvalue weighted by molar-refractivity contribution is 7.09. The third kappa shape index (κ3) is 2.17. The van der Waals surface area contributed by atoms with Crippen LogP contribution in [0, 0.1) is 0 Å². The van der Waals surface area contributed by atoms with Crippen molar-refractivity contribution in [3.8, 4) is 16.6 Å². The Balaban J connectivity index is 2.07. The van der Waals surface area contributed by atoms with Crippen LogP contribution >= 0.6 is 11.5 Å². The van der Waals surface area contributed by atoms with E-state index in [1.807, 2.05) is 12.1 Å². The van der Waals surface area contributed by atoms with Gasteiger partial charge in [-0.3, -0.25) is 0 Å². The first-order valence-corrected chi connectivity index (χ1v) is 6.81. The zero-order valence-electron chi connectivity index (χ0n) is 10.7. The molecule has 0 aliphatic heterocycles. The molecule has 3 aromatic heterocycles. The molecule has 98 valence electrons. The maximum absolute atomic E-state index is 5.10. The molecule has 0 fully saturated rings. The van der Waals surface area contributed by atoms with Crippen LogP contribution in [0.3, 0.4) is 0 Å². The van der Waals surface area contributed by atoms with Crippen LogP contribution < -0.4 is 4.74 Å². The van der Waals surface area contributed by atoms with Gasteiger partial charge in [-0.1, -0.05) is 17.8 Å². The normalized spacial score (nSPS) is 11.1. The molecule has 0 bridgehead atoms. The SMILES string of the molecule is CCCc1nnsc1-c1nc2nc(OC)ccc2[nH]1. The van der Waals surface area contributed by atoms with Gasteiger partial charge in [0, 0.05) is 6.07 Å². The maximum atomic E-state index is 5.10. The van der Waals surface area contributed by atoms with Crippen molar-refractivity contribution in [1.29, 1.82) is 0 Å². The lowest BCUT2D eigenvalue weighted by molar-refractivity contribution is 0.399. The lowest BCUT2D eigenvalue weighted by atomic mass is 10.2.